The monoisotopic (exact) mass is 471 g/mol. The fraction of sp³-hybridized carbons (Fsp3) is 0.333. The molecule has 3 heterocycles. The topological polar surface area (TPSA) is 100 Å². The van der Waals surface area contributed by atoms with E-state index in [9.17, 15) is 14.9 Å². The molecule has 0 atom stereocenters. The number of anilines is 2. The van der Waals surface area contributed by atoms with Crippen molar-refractivity contribution in [1.29, 1.82) is 5.26 Å². The van der Waals surface area contributed by atoms with Gasteiger partial charge in [0, 0.05) is 55.0 Å². The third-order valence-electron chi connectivity index (χ3n) is 6.30. The molecule has 3 aromatic rings. The summed E-state index contributed by atoms with van der Waals surface area (Å²) in [5, 5.41) is 12.3. The van der Waals surface area contributed by atoms with E-state index < -0.39 is 5.41 Å². The van der Waals surface area contributed by atoms with Crippen molar-refractivity contribution in [3.8, 4) is 17.2 Å². The van der Waals surface area contributed by atoms with Crippen LogP contribution in [0, 0.1) is 18.3 Å². The van der Waals surface area contributed by atoms with Gasteiger partial charge in [-0.25, -0.2) is 0 Å². The second-order valence-electron chi connectivity index (χ2n) is 9.26. The number of ether oxygens (including phenoxy) is 1. The lowest BCUT2D eigenvalue weighted by atomic mass is 9.86. The van der Waals surface area contributed by atoms with Crippen LogP contribution in [0.1, 0.15) is 35.5 Å². The van der Waals surface area contributed by atoms with E-state index in [-0.39, 0.29) is 11.5 Å². The lowest BCUT2D eigenvalue weighted by molar-refractivity contribution is 0.102. The van der Waals surface area contributed by atoms with E-state index in [1.165, 1.54) is 0 Å². The SMILES string of the molecule is Cc1ncc(C(=O)Nc2cccc(C(C)(C)C#N)c2)cc1-c1cc(N2CCOCC2)c(=O)n(C)c1. The Kier molecular flexibility index (Phi) is 6.72. The smallest absolute Gasteiger partial charge is 0.273 e. The number of hydrogen-bond acceptors (Lipinski definition) is 6. The standard InChI is InChI=1S/C27H29N5O3/c1-18-23(20-13-24(26(34)31(4)16-20)32-8-10-35-11-9-32)12-19(15-29-18)25(33)30-22-7-5-6-21(14-22)27(2,3)17-28/h5-7,12-16H,8-11H2,1-4H3,(H,30,33). The van der Waals surface area contributed by atoms with Crippen molar-refractivity contribution in [2.75, 3.05) is 36.5 Å². The summed E-state index contributed by atoms with van der Waals surface area (Å²) in [4.78, 5) is 32.4. The van der Waals surface area contributed by atoms with Gasteiger partial charge in [0.05, 0.1) is 30.3 Å². The Labute approximate surface area is 204 Å². The summed E-state index contributed by atoms with van der Waals surface area (Å²) in [5.74, 6) is -0.302. The average molecular weight is 472 g/mol. The Morgan fingerprint density at radius 1 is 1.20 bits per heavy atom. The minimum atomic E-state index is -0.666. The highest BCUT2D eigenvalue weighted by Crippen LogP contribution is 2.27. The van der Waals surface area contributed by atoms with Gasteiger partial charge < -0.3 is 19.5 Å². The molecular formula is C27H29N5O3. The summed E-state index contributed by atoms with van der Waals surface area (Å²) in [6.45, 7) is 8.02. The third-order valence-corrected chi connectivity index (χ3v) is 6.30. The van der Waals surface area contributed by atoms with E-state index in [0.717, 1.165) is 22.4 Å². The number of pyridine rings is 2. The minimum Gasteiger partial charge on any atom is -0.378 e. The van der Waals surface area contributed by atoms with E-state index in [1.807, 2.05) is 49.9 Å². The molecule has 8 heteroatoms. The summed E-state index contributed by atoms with van der Waals surface area (Å²) in [5.41, 5.74) is 4.04. The molecule has 35 heavy (non-hydrogen) atoms. The second kappa shape index (κ2) is 9.72. The maximum Gasteiger partial charge on any atom is 0.273 e. The molecule has 1 N–H and O–H groups in total. The second-order valence-corrected chi connectivity index (χ2v) is 9.26. The first-order chi connectivity index (χ1) is 16.7. The summed E-state index contributed by atoms with van der Waals surface area (Å²) >= 11 is 0. The molecule has 0 unspecified atom stereocenters. The van der Waals surface area contributed by atoms with Crippen molar-refractivity contribution in [3.63, 3.8) is 0 Å². The molecule has 0 radical (unpaired) electrons. The Balaban J connectivity index is 1.66. The zero-order chi connectivity index (χ0) is 25.2. The van der Waals surface area contributed by atoms with Crippen LogP contribution in [-0.2, 0) is 17.2 Å². The number of carbonyl (C=O) groups excluding carboxylic acids is 1. The summed E-state index contributed by atoms with van der Waals surface area (Å²) in [6.07, 6.45) is 3.31. The zero-order valence-corrected chi connectivity index (χ0v) is 20.5. The third kappa shape index (κ3) is 5.10. The summed E-state index contributed by atoms with van der Waals surface area (Å²) < 4.78 is 6.99. The maximum absolute atomic E-state index is 13.1. The van der Waals surface area contributed by atoms with Crippen molar-refractivity contribution in [1.82, 2.24) is 9.55 Å². The fourth-order valence-corrected chi connectivity index (χ4v) is 4.08. The predicted molar refractivity (Wildman–Crippen MR) is 136 cm³/mol. The molecule has 1 aromatic carbocycles. The molecule has 0 spiro atoms. The van der Waals surface area contributed by atoms with Gasteiger partial charge in [0.2, 0.25) is 0 Å². The van der Waals surface area contributed by atoms with Gasteiger partial charge in [0.1, 0.15) is 5.69 Å². The van der Waals surface area contributed by atoms with Crippen LogP contribution in [0.15, 0.2) is 53.6 Å². The van der Waals surface area contributed by atoms with Crippen molar-refractivity contribution in [3.05, 3.63) is 76.0 Å². The van der Waals surface area contributed by atoms with Gasteiger partial charge in [-0.15, -0.1) is 0 Å². The largest absolute Gasteiger partial charge is 0.378 e. The molecule has 1 amide bonds. The van der Waals surface area contributed by atoms with Crippen LogP contribution in [0.4, 0.5) is 11.4 Å². The molecule has 0 aliphatic carbocycles. The highest BCUT2D eigenvalue weighted by atomic mass is 16.5. The Bertz CT molecular complexity index is 1360. The Morgan fingerprint density at radius 3 is 2.66 bits per heavy atom. The van der Waals surface area contributed by atoms with Crippen molar-refractivity contribution in [2.24, 2.45) is 7.05 Å². The number of benzene rings is 1. The number of nitriles is 1. The van der Waals surface area contributed by atoms with Crippen molar-refractivity contribution in [2.45, 2.75) is 26.2 Å². The van der Waals surface area contributed by atoms with Gasteiger partial charge in [0.25, 0.3) is 11.5 Å². The van der Waals surface area contributed by atoms with E-state index in [2.05, 4.69) is 16.4 Å². The van der Waals surface area contributed by atoms with Crippen LogP contribution in [0.25, 0.3) is 11.1 Å². The highest BCUT2D eigenvalue weighted by molar-refractivity contribution is 6.04. The minimum absolute atomic E-state index is 0.0738. The van der Waals surface area contributed by atoms with Crippen LogP contribution in [-0.4, -0.2) is 41.8 Å². The van der Waals surface area contributed by atoms with Crippen molar-refractivity contribution >= 4 is 17.3 Å². The number of hydrogen-bond donors (Lipinski definition) is 1. The predicted octanol–water partition coefficient (Wildman–Crippen LogP) is 3.65. The first kappa shape index (κ1) is 24.2. The number of nitrogens with one attached hydrogen (secondary N) is 1. The number of carbonyl (C=O) groups is 1. The quantitative estimate of drug-likeness (QED) is 0.610. The highest BCUT2D eigenvalue weighted by Gasteiger charge is 2.21. The molecule has 8 nitrogen and oxygen atoms in total. The number of aryl methyl sites for hydroxylation is 2. The summed E-state index contributed by atoms with van der Waals surface area (Å²) in [7, 11) is 1.73. The molecule has 2 aromatic heterocycles. The van der Waals surface area contributed by atoms with Crippen LogP contribution < -0.4 is 15.8 Å². The lowest BCUT2D eigenvalue weighted by Crippen LogP contribution is -2.40. The Hall–Kier alpha value is -3.96. The number of morpholine rings is 1. The van der Waals surface area contributed by atoms with Gasteiger partial charge in [-0.1, -0.05) is 12.1 Å². The van der Waals surface area contributed by atoms with Gasteiger partial charge in [-0.2, -0.15) is 5.26 Å². The van der Waals surface area contributed by atoms with Gasteiger partial charge in [-0.05, 0) is 50.6 Å². The molecule has 0 saturated carbocycles. The molecule has 4 rings (SSSR count). The number of aromatic nitrogens is 2. The number of amides is 1. The number of nitrogens with zero attached hydrogens (tertiary/aromatic N) is 4. The van der Waals surface area contributed by atoms with E-state index in [1.54, 1.807) is 36.1 Å². The van der Waals surface area contributed by atoms with E-state index in [0.29, 0.717) is 43.2 Å². The molecular weight excluding hydrogens is 442 g/mol. The fourth-order valence-electron chi connectivity index (χ4n) is 4.08. The molecule has 0 bridgehead atoms. The van der Waals surface area contributed by atoms with Gasteiger partial charge in [0.15, 0.2) is 0 Å². The molecule has 1 aliphatic heterocycles. The Morgan fingerprint density at radius 2 is 1.94 bits per heavy atom. The van der Waals surface area contributed by atoms with Gasteiger partial charge in [-0.3, -0.25) is 14.6 Å². The van der Waals surface area contributed by atoms with Gasteiger partial charge >= 0.3 is 0 Å². The average Bonchev–Trinajstić information content (AvgIpc) is 2.86. The number of rotatable bonds is 5. The summed E-state index contributed by atoms with van der Waals surface area (Å²) in [6, 6.07) is 13.2. The molecule has 180 valence electrons. The zero-order valence-electron chi connectivity index (χ0n) is 20.5. The first-order valence-electron chi connectivity index (χ1n) is 11.5. The maximum atomic E-state index is 13.1. The van der Waals surface area contributed by atoms with E-state index >= 15 is 0 Å². The lowest BCUT2D eigenvalue weighted by Gasteiger charge is -2.28. The van der Waals surface area contributed by atoms with E-state index in [4.69, 9.17) is 4.74 Å². The van der Waals surface area contributed by atoms with Crippen LogP contribution in [0.5, 0.6) is 0 Å². The van der Waals surface area contributed by atoms with Crippen molar-refractivity contribution < 1.29 is 9.53 Å². The van der Waals surface area contributed by atoms with Crippen LogP contribution >= 0.6 is 0 Å². The normalized spacial score (nSPS) is 13.9. The molecule has 1 saturated heterocycles. The first-order valence-corrected chi connectivity index (χ1v) is 11.5. The molecule has 1 fully saturated rings. The molecule has 1 aliphatic rings. The van der Waals surface area contributed by atoms with Crippen LogP contribution in [0.3, 0.4) is 0 Å². The van der Waals surface area contributed by atoms with Crippen LogP contribution in [0.2, 0.25) is 0 Å².